The van der Waals surface area contributed by atoms with Gasteiger partial charge in [0.25, 0.3) is 0 Å². The third kappa shape index (κ3) is 2.85. The molecule has 3 fully saturated rings. The van der Waals surface area contributed by atoms with E-state index in [-0.39, 0.29) is 12.1 Å². The molecule has 0 spiro atoms. The van der Waals surface area contributed by atoms with Crippen LogP contribution in [0.4, 0.5) is 0 Å². The van der Waals surface area contributed by atoms with Crippen LogP contribution in [0, 0.1) is 23.2 Å². The Hall–Kier alpha value is -0.830. The van der Waals surface area contributed by atoms with E-state index in [0.717, 1.165) is 18.8 Å². The number of carbonyl (C=O) groups is 1. The molecule has 3 unspecified atom stereocenters. The minimum Gasteiger partial charge on any atom is -0.468 e. The smallest absolute Gasteiger partial charge is 0.318 e. The van der Waals surface area contributed by atoms with Gasteiger partial charge in [0.1, 0.15) is 5.41 Å². The zero-order valence-electron chi connectivity index (χ0n) is 16.7. The lowest BCUT2D eigenvalue weighted by Gasteiger charge is -2.42. The fraction of sp³-hybridized carbons (Fsp3) is 0.870. The molecule has 0 saturated heterocycles. The number of hydrogen-bond acceptors (Lipinski definition) is 3. The highest BCUT2D eigenvalue weighted by molar-refractivity contribution is 5.84. The second-order valence-corrected chi connectivity index (χ2v) is 9.08. The van der Waals surface area contributed by atoms with Gasteiger partial charge in [0.05, 0.1) is 13.2 Å². The summed E-state index contributed by atoms with van der Waals surface area (Å²) in [6, 6.07) is 0. The summed E-state index contributed by atoms with van der Waals surface area (Å²) in [5.74, 6) is 1.86. The van der Waals surface area contributed by atoms with Crippen molar-refractivity contribution in [2.45, 2.75) is 90.1 Å². The lowest BCUT2D eigenvalue weighted by Crippen LogP contribution is -2.45. The molecule has 4 rings (SSSR count). The van der Waals surface area contributed by atoms with Gasteiger partial charge in [0, 0.05) is 6.61 Å². The van der Waals surface area contributed by atoms with Crippen molar-refractivity contribution in [2.24, 2.45) is 23.2 Å². The number of esters is 1. The van der Waals surface area contributed by atoms with Crippen LogP contribution >= 0.6 is 0 Å². The van der Waals surface area contributed by atoms with Crippen LogP contribution in [0.2, 0.25) is 0 Å². The Kier molecular flexibility index (Phi) is 5.46. The standard InChI is InChI=1S/C23H36O3/c1-3-26-19-14-18-15-23(19,22(24)25-2)21(17-12-8-5-9-13-17)20(18)16-10-6-4-7-11-16/h16-19H,3-15H2,1-2H3. The van der Waals surface area contributed by atoms with Crippen molar-refractivity contribution in [3.63, 3.8) is 0 Å². The van der Waals surface area contributed by atoms with Crippen molar-refractivity contribution in [1.29, 1.82) is 0 Å². The van der Waals surface area contributed by atoms with Crippen molar-refractivity contribution < 1.29 is 14.3 Å². The maximum absolute atomic E-state index is 13.2. The second-order valence-electron chi connectivity index (χ2n) is 9.08. The third-order valence-electron chi connectivity index (χ3n) is 7.82. The highest BCUT2D eigenvalue weighted by atomic mass is 16.5. The molecule has 2 bridgehead atoms. The molecule has 0 amide bonds. The number of hydrogen-bond donors (Lipinski definition) is 0. The van der Waals surface area contributed by atoms with Crippen LogP contribution in [-0.4, -0.2) is 25.8 Å². The normalized spacial score (nSPS) is 35.9. The van der Waals surface area contributed by atoms with Crippen LogP contribution in [0.25, 0.3) is 0 Å². The Morgan fingerprint density at radius 1 is 0.962 bits per heavy atom. The van der Waals surface area contributed by atoms with Gasteiger partial charge >= 0.3 is 5.97 Å². The molecule has 146 valence electrons. The predicted octanol–water partition coefficient (Wildman–Crippen LogP) is 5.43. The molecule has 3 saturated carbocycles. The highest BCUT2D eigenvalue weighted by Gasteiger charge is 2.64. The monoisotopic (exact) mass is 360 g/mol. The van der Waals surface area contributed by atoms with Crippen molar-refractivity contribution in [3.05, 3.63) is 11.1 Å². The van der Waals surface area contributed by atoms with Crippen molar-refractivity contribution >= 4 is 5.97 Å². The number of ether oxygens (including phenoxy) is 2. The van der Waals surface area contributed by atoms with Gasteiger partial charge in [0.15, 0.2) is 0 Å². The Morgan fingerprint density at radius 3 is 2.15 bits per heavy atom. The van der Waals surface area contributed by atoms with E-state index in [2.05, 4.69) is 6.92 Å². The Bertz CT molecular complexity index is 554. The van der Waals surface area contributed by atoms with Crippen LogP contribution in [0.5, 0.6) is 0 Å². The maximum atomic E-state index is 13.2. The quantitative estimate of drug-likeness (QED) is 0.484. The van der Waals surface area contributed by atoms with Crippen LogP contribution in [0.15, 0.2) is 11.1 Å². The van der Waals surface area contributed by atoms with E-state index in [1.54, 1.807) is 12.7 Å². The molecule has 0 heterocycles. The molecule has 3 atom stereocenters. The molecule has 0 aromatic carbocycles. The van der Waals surface area contributed by atoms with Gasteiger partial charge in [-0.1, -0.05) is 44.1 Å². The summed E-state index contributed by atoms with van der Waals surface area (Å²) in [5.41, 5.74) is 2.76. The average Bonchev–Trinajstić information content (AvgIpc) is 3.23. The molecule has 0 aromatic rings. The molecule has 0 aromatic heterocycles. The minimum atomic E-state index is -0.468. The summed E-state index contributed by atoms with van der Waals surface area (Å²) >= 11 is 0. The van der Waals surface area contributed by atoms with Gasteiger partial charge in [-0.3, -0.25) is 4.79 Å². The molecule has 3 nitrogen and oxygen atoms in total. The first-order chi connectivity index (χ1) is 12.7. The lowest BCUT2D eigenvalue weighted by molar-refractivity contribution is -0.157. The van der Waals surface area contributed by atoms with Crippen molar-refractivity contribution in [3.8, 4) is 0 Å². The van der Waals surface area contributed by atoms with E-state index in [1.807, 2.05) is 0 Å². The van der Waals surface area contributed by atoms with E-state index < -0.39 is 5.41 Å². The van der Waals surface area contributed by atoms with Crippen LogP contribution in [0.1, 0.15) is 84.0 Å². The van der Waals surface area contributed by atoms with E-state index in [0.29, 0.717) is 18.4 Å². The van der Waals surface area contributed by atoms with Gasteiger partial charge in [-0.25, -0.2) is 0 Å². The minimum absolute atomic E-state index is 0.00941. The van der Waals surface area contributed by atoms with Crippen LogP contribution < -0.4 is 0 Å². The summed E-state index contributed by atoms with van der Waals surface area (Å²) in [7, 11) is 1.57. The fourth-order valence-electron chi connectivity index (χ4n) is 6.94. The first-order valence-corrected chi connectivity index (χ1v) is 11.2. The van der Waals surface area contributed by atoms with Crippen molar-refractivity contribution in [2.75, 3.05) is 13.7 Å². The fourth-order valence-corrected chi connectivity index (χ4v) is 6.94. The lowest BCUT2D eigenvalue weighted by atomic mass is 9.65. The van der Waals surface area contributed by atoms with E-state index in [4.69, 9.17) is 9.47 Å². The average molecular weight is 361 g/mol. The zero-order chi connectivity index (χ0) is 18.1. The Labute approximate surface area is 158 Å². The second kappa shape index (κ2) is 7.66. The molecule has 4 aliphatic carbocycles. The van der Waals surface area contributed by atoms with Crippen LogP contribution in [-0.2, 0) is 14.3 Å². The summed E-state index contributed by atoms with van der Waals surface area (Å²) < 4.78 is 11.6. The van der Waals surface area contributed by atoms with Gasteiger partial charge in [0.2, 0.25) is 0 Å². The summed E-state index contributed by atoms with van der Waals surface area (Å²) in [5, 5.41) is 0. The van der Waals surface area contributed by atoms with Crippen LogP contribution in [0.3, 0.4) is 0 Å². The van der Waals surface area contributed by atoms with E-state index in [1.165, 1.54) is 69.8 Å². The summed E-state index contributed by atoms with van der Waals surface area (Å²) in [6.45, 7) is 2.75. The predicted molar refractivity (Wildman–Crippen MR) is 103 cm³/mol. The number of methoxy groups -OCH3 is 1. The number of allylic oxidation sites excluding steroid dienone is 1. The highest BCUT2D eigenvalue weighted by Crippen LogP contribution is 2.64. The Balaban J connectivity index is 1.79. The number of rotatable bonds is 5. The Morgan fingerprint density at radius 2 is 1.58 bits per heavy atom. The van der Waals surface area contributed by atoms with Gasteiger partial charge in [-0.2, -0.15) is 0 Å². The van der Waals surface area contributed by atoms with E-state index in [9.17, 15) is 4.79 Å². The maximum Gasteiger partial charge on any atom is 0.318 e. The zero-order valence-corrected chi connectivity index (χ0v) is 16.7. The van der Waals surface area contributed by atoms with Crippen molar-refractivity contribution in [1.82, 2.24) is 0 Å². The third-order valence-corrected chi connectivity index (χ3v) is 7.82. The molecule has 26 heavy (non-hydrogen) atoms. The van der Waals surface area contributed by atoms with E-state index >= 15 is 0 Å². The largest absolute Gasteiger partial charge is 0.468 e. The molecule has 0 radical (unpaired) electrons. The van der Waals surface area contributed by atoms with Gasteiger partial charge in [-0.15, -0.1) is 0 Å². The molecule has 4 aliphatic rings. The first kappa shape index (κ1) is 18.5. The summed E-state index contributed by atoms with van der Waals surface area (Å²) in [4.78, 5) is 13.2. The first-order valence-electron chi connectivity index (χ1n) is 11.2. The summed E-state index contributed by atoms with van der Waals surface area (Å²) in [6.07, 6.45) is 15.3. The van der Waals surface area contributed by atoms with Gasteiger partial charge in [-0.05, 0) is 68.8 Å². The molecule has 3 heteroatoms. The number of fused-ring (bicyclic) bond motifs is 2. The SMILES string of the molecule is CCOC1CC2CC1(C(=O)OC)C(C1CCCCC1)=C2C1CCCCC1. The number of carbonyl (C=O) groups excluding carboxylic acids is 1. The molecule has 0 aliphatic heterocycles. The van der Waals surface area contributed by atoms with Gasteiger partial charge < -0.3 is 9.47 Å². The molecular formula is C23H36O3. The molecule has 0 N–H and O–H groups in total. The topological polar surface area (TPSA) is 35.5 Å². The molecular weight excluding hydrogens is 324 g/mol.